The normalized spacial score (nSPS) is 23.3. The van der Waals surface area contributed by atoms with E-state index in [0.29, 0.717) is 17.6 Å². The molecule has 2 amide bonds. The van der Waals surface area contributed by atoms with Crippen LogP contribution in [0.15, 0.2) is 12.7 Å². The number of likely N-dealkylation sites (tertiary alicyclic amines) is 1. The first-order valence-electron chi connectivity index (χ1n) is 9.45. The Kier molecular flexibility index (Phi) is 5.22. The lowest BCUT2D eigenvalue weighted by Gasteiger charge is -2.37. The van der Waals surface area contributed by atoms with Crippen molar-refractivity contribution < 1.29 is 27.5 Å². The summed E-state index contributed by atoms with van der Waals surface area (Å²) >= 11 is 0. The number of fused-ring (bicyclic) bond motifs is 2. The van der Waals surface area contributed by atoms with Crippen LogP contribution in [-0.2, 0) is 20.9 Å². The summed E-state index contributed by atoms with van der Waals surface area (Å²) in [5.74, 6) is -0.352. The maximum atomic E-state index is 13.1. The number of nitrogens with zero attached hydrogens (tertiary/aromatic N) is 5. The van der Waals surface area contributed by atoms with Gasteiger partial charge in [0.25, 0.3) is 0 Å². The molecule has 2 aromatic rings. The van der Waals surface area contributed by atoms with Crippen LogP contribution < -0.4 is 11.1 Å². The maximum Gasteiger partial charge on any atom is 0.522 e. The second-order valence-electron chi connectivity index (χ2n) is 7.35. The number of hydrogen-bond donors (Lipinski definition) is 2. The second-order valence-corrected chi connectivity index (χ2v) is 7.35. The number of anilines is 1. The Morgan fingerprint density at radius 2 is 2.07 bits per heavy atom. The van der Waals surface area contributed by atoms with Crippen molar-refractivity contribution in [3.63, 3.8) is 0 Å². The van der Waals surface area contributed by atoms with Crippen molar-refractivity contribution in [2.75, 3.05) is 18.9 Å². The summed E-state index contributed by atoms with van der Waals surface area (Å²) in [6.07, 6.45) is 0.148. The molecule has 2 aromatic heterocycles. The van der Waals surface area contributed by atoms with Gasteiger partial charge in [0.1, 0.15) is 24.4 Å². The van der Waals surface area contributed by atoms with E-state index in [1.54, 1.807) is 4.90 Å². The van der Waals surface area contributed by atoms with Gasteiger partial charge in [-0.25, -0.2) is 15.0 Å². The number of imidazole rings is 1. The summed E-state index contributed by atoms with van der Waals surface area (Å²) in [6.45, 7) is -1.07. The zero-order valence-electron chi connectivity index (χ0n) is 15.8. The van der Waals surface area contributed by atoms with E-state index < -0.39 is 24.9 Å². The molecule has 2 fully saturated rings. The number of carbonyl (C=O) groups excluding carboxylic acids is 2. The number of nitrogens with one attached hydrogen (secondary N) is 1. The third kappa shape index (κ3) is 3.88. The first-order valence-corrected chi connectivity index (χ1v) is 9.45. The predicted octanol–water partition coefficient (Wildman–Crippen LogP) is 0.441. The molecule has 0 unspecified atom stereocenters. The highest BCUT2D eigenvalue weighted by atomic mass is 19.4. The van der Waals surface area contributed by atoms with E-state index in [1.807, 2.05) is 0 Å². The summed E-state index contributed by atoms with van der Waals surface area (Å²) < 4.78 is 41.4. The van der Waals surface area contributed by atoms with Crippen LogP contribution in [0.5, 0.6) is 0 Å². The van der Waals surface area contributed by atoms with E-state index in [2.05, 4.69) is 25.0 Å². The van der Waals surface area contributed by atoms with Crippen LogP contribution in [0.25, 0.3) is 11.2 Å². The third-order valence-corrected chi connectivity index (χ3v) is 5.59. The van der Waals surface area contributed by atoms with Gasteiger partial charge in [0.05, 0.1) is 12.9 Å². The Balaban J connectivity index is 1.43. The number of nitrogen functional groups attached to an aromatic ring is 1. The van der Waals surface area contributed by atoms with E-state index in [9.17, 15) is 22.8 Å². The number of alkyl halides is 3. The van der Waals surface area contributed by atoms with Crippen LogP contribution in [0.1, 0.15) is 19.3 Å². The quantitative estimate of drug-likeness (QED) is 0.640. The summed E-state index contributed by atoms with van der Waals surface area (Å²) in [6, 6.07) is -0.774. The third-order valence-electron chi connectivity index (χ3n) is 5.59. The van der Waals surface area contributed by atoms with Crippen molar-refractivity contribution in [3.05, 3.63) is 12.7 Å². The van der Waals surface area contributed by atoms with Gasteiger partial charge >= 0.3 is 6.36 Å². The molecule has 3 N–H and O–H groups in total. The summed E-state index contributed by atoms with van der Waals surface area (Å²) in [5, 5.41) is 2.43. The predicted molar refractivity (Wildman–Crippen MR) is 96.5 cm³/mol. The molecule has 0 radical (unpaired) electrons. The van der Waals surface area contributed by atoms with Crippen molar-refractivity contribution in [1.29, 1.82) is 0 Å². The van der Waals surface area contributed by atoms with Crippen LogP contribution in [-0.4, -0.2) is 67.8 Å². The largest absolute Gasteiger partial charge is 0.522 e. The molecule has 0 spiro atoms. The number of rotatable bonds is 6. The number of amides is 2. The average Bonchev–Trinajstić information content (AvgIpc) is 3.17. The number of aromatic nitrogens is 4. The van der Waals surface area contributed by atoms with Crippen LogP contribution in [0.3, 0.4) is 0 Å². The van der Waals surface area contributed by atoms with Gasteiger partial charge in [0.2, 0.25) is 11.8 Å². The zero-order valence-corrected chi connectivity index (χ0v) is 15.8. The average molecular weight is 427 g/mol. The van der Waals surface area contributed by atoms with Crippen LogP contribution >= 0.6 is 0 Å². The Hall–Kier alpha value is -2.96. The van der Waals surface area contributed by atoms with Gasteiger partial charge in [-0.3, -0.25) is 14.3 Å². The van der Waals surface area contributed by atoms with Gasteiger partial charge in [-0.05, 0) is 25.2 Å². The van der Waals surface area contributed by atoms with Gasteiger partial charge in [-0.1, -0.05) is 0 Å². The molecule has 0 aromatic carbocycles. The molecule has 13 heteroatoms. The number of ether oxygens (including phenoxy) is 1. The summed E-state index contributed by atoms with van der Waals surface area (Å²) in [4.78, 5) is 39.3. The monoisotopic (exact) mass is 427 g/mol. The highest BCUT2D eigenvalue weighted by molar-refractivity contribution is 5.89. The summed E-state index contributed by atoms with van der Waals surface area (Å²) in [7, 11) is 0. The van der Waals surface area contributed by atoms with Crippen molar-refractivity contribution in [2.24, 2.45) is 5.92 Å². The molecule has 10 nitrogen and oxygen atoms in total. The van der Waals surface area contributed by atoms with E-state index >= 15 is 0 Å². The van der Waals surface area contributed by atoms with Gasteiger partial charge < -0.3 is 20.5 Å². The van der Waals surface area contributed by atoms with Crippen molar-refractivity contribution in [3.8, 4) is 0 Å². The van der Waals surface area contributed by atoms with Gasteiger partial charge in [0, 0.05) is 12.6 Å². The Bertz CT molecular complexity index is 964. The van der Waals surface area contributed by atoms with E-state index in [0.717, 1.165) is 12.8 Å². The molecule has 2 aliphatic rings. The molecule has 4 rings (SSSR count). The highest BCUT2D eigenvalue weighted by Gasteiger charge is 2.50. The minimum absolute atomic E-state index is 0.0471. The number of nitrogens with two attached hydrogens (primary N) is 1. The fourth-order valence-electron chi connectivity index (χ4n) is 4.12. The molecule has 3 atom stereocenters. The Labute approximate surface area is 168 Å². The molecule has 1 aliphatic heterocycles. The van der Waals surface area contributed by atoms with E-state index in [-0.39, 0.29) is 36.8 Å². The van der Waals surface area contributed by atoms with Crippen LogP contribution in [0, 0.1) is 5.92 Å². The fourth-order valence-corrected chi connectivity index (χ4v) is 4.12. The van der Waals surface area contributed by atoms with Crippen molar-refractivity contribution >= 4 is 28.8 Å². The molecule has 1 saturated heterocycles. The molecule has 1 aliphatic carbocycles. The molecule has 162 valence electrons. The summed E-state index contributed by atoms with van der Waals surface area (Å²) in [5.41, 5.74) is 6.55. The lowest BCUT2D eigenvalue weighted by molar-refractivity contribution is -0.323. The molecule has 1 saturated carbocycles. The smallest absolute Gasteiger partial charge is 0.382 e. The first kappa shape index (κ1) is 20.3. The Morgan fingerprint density at radius 3 is 2.77 bits per heavy atom. The molecular weight excluding hydrogens is 407 g/mol. The van der Waals surface area contributed by atoms with Gasteiger partial charge in [0.15, 0.2) is 11.5 Å². The lowest BCUT2D eigenvalue weighted by Crippen LogP contribution is -2.52. The number of carbonyl (C=O) groups is 2. The molecule has 30 heavy (non-hydrogen) atoms. The van der Waals surface area contributed by atoms with E-state index in [1.165, 1.54) is 17.2 Å². The number of halogens is 3. The van der Waals surface area contributed by atoms with Crippen molar-refractivity contribution in [2.45, 2.75) is 44.3 Å². The topological polar surface area (TPSA) is 128 Å². The second kappa shape index (κ2) is 7.70. The standard InChI is InChI=1S/C17H20F3N7O3/c18-17(19,20)30-4-3-22-16(29)11-5-9-1-2-10(9)27(11)12(28)6-26-8-25-13-14(21)23-7-24-15(13)26/h7-11H,1-6H2,(H,22,29)(H2,21,23,24)/t9-,10-,11+/m1/s1. The highest BCUT2D eigenvalue weighted by Crippen LogP contribution is 2.43. The molecular formula is C17H20F3N7O3. The maximum absolute atomic E-state index is 13.1. The van der Waals surface area contributed by atoms with Gasteiger partial charge in [-0.2, -0.15) is 0 Å². The van der Waals surface area contributed by atoms with Crippen LogP contribution in [0.4, 0.5) is 19.0 Å². The Morgan fingerprint density at radius 1 is 1.27 bits per heavy atom. The minimum atomic E-state index is -4.75. The van der Waals surface area contributed by atoms with Crippen molar-refractivity contribution in [1.82, 2.24) is 29.7 Å². The first-order chi connectivity index (χ1) is 14.2. The zero-order chi connectivity index (χ0) is 21.5. The van der Waals surface area contributed by atoms with E-state index in [4.69, 9.17) is 5.73 Å². The molecule has 3 heterocycles. The fraction of sp³-hybridized carbons (Fsp3) is 0.588. The minimum Gasteiger partial charge on any atom is -0.382 e. The van der Waals surface area contributed by atoms with Crippen LogP contribution in [0.2, 0.25) is 0 Å². The van der Waals surface area contributed by atoms with Gasteiger partial charge in [-0.15, -0.1) is 13.2 Å². The number of hydrogen-bond acceptors (Lipinski definition) is 7. The molecule has 0 bridgehead atoms. The SMILES string of the molecule is Nc1ncnc2c1ncn2CC(=O)N1[C@@H]2CC[C@@H]2C[C@H]1C(=O)NCCOC(F)(F)F. The lowest BCUT2D eigenvalue weighted by atomic mass is 9.80.